The summed E-state index contributed by atoms with van der Waals surface area (Å²) < 4.78 is 6.17. The first kappa shape index (κ1) is 7.94. The van der Waals surface area contributed by atoms with E-state index in [1.165, 1.54) is 0 Å². The second-order valence-corrected chi connectivity index (χ2v) is 3.06. The van der Waals surface area contributed by atoms with Crippen molar-refractivity contribution in [3.63, 3.8) is 0 Å². The lowest BCUT2D eigenvalue weighted by atomic mass is 10.6. The van der Waals surface area contributed by atoms with Crippen LogP contribution in [0.4, 0.5) is 0 Å². The molecule has 0 unspecified atom stereocenters. The van der Waals surface area contributed by atoms with Crippen LogP contribution in [0.3, 0.4) is 0 Å². The molecule has 5 heteroatoms. The first-order valence-electron chi connectivity index (χ1n) is 2.46. The van der Waals surface area contributed by atoms with E-state index in [-0.39, 0.29) is 0 Å². The van der Waals surface area contributed by atoms with Crippen LogP contribution in [0.15, 0.2) is 15.4 Å². The summed E-state index contributed by atoms with van der Waals surface area (Å²) in [6.45, 7) is 0. The van der Waals surface area contributed by atoms with Crippen LogP contribution in [-0.2, 0) is 0 Å². The number of aromatic nitrogens is 2. The summed E-state index contributed by atoms with van der Waals surface area (Å²) in [5.41, 5.74) is 0. The van der Waals surface area contributed by atoms with Crippen molar-refractivity contribution in [2.24, 2.45) is 0 Å². The molecule has 0 bridgehead atoms. The molecule has 0 fully saturated rings. The highest BCUT2D eigenvalue weighted by Crippen LogP contribution is 2.21. The molecule has 54 valence electrons. The Morgan fingerprint density at radius 3 is 2.70 bits per heavy atom. The Bertz CT molecular complexity index is 241. The van der Waals surface area contributed by atoms with Crippen molar-refractivity contribution in [2.75, 3.05) is 7.11 Å². The van der Waals surface area contributed by atoms with Crippen molar-refractivity contribution in [2.45, 2.75) is 0 Å². The molecule has 1 aromatic heterocycles. The summed E-state index contributed by atoms with van der Waals surface area (Å²) in [5.74, 6) is 0.530. The van der Waals surface area contributed by atoms with Crippen molar-refractivity contribution in [1.29, 1.82) is 0 Å². The van der Waals surface area contributed by atoms with Gasteiger partial charge in [0.25, 0.3) is 0 Å². The molecule has 0 aliphatic heterocycles. The van der Waals surface area contributed by atoms with Crippen LogP contribution in [0.25, 0.3) is 0 Å². The lowest BCUT2D eigenvalue weighted by molar-refractivity contribution is 0.392. The smallest absolute Gasteiger partial charge is 0.231 e. The van der Waals surface area contributed by atoms with Gasteiger partial charge in [-0.25, -0.2) is 4.98 Å². The largest absolute Gasteiger partial charge is 0.480 e. The Labute approximate surface area is 75.1 Å². The number of hydrogen-bond acceptors (Lipinski definition) is 3. The van der Waals surface area contributed by atoms with Crippen LogP contribution in [0.5, 0.6) is 5.88 Å². The minimum absolute atomic E-state index is 0.521. The molecule has 0 N–H and O–H groups in total. The molecule has 0 aliphatic rings. The Balaban J connectivity index is 3.09. The summed E-state index contributed by atoms with van der Waals surface area (Å²) in [7, 11) is 1.56. The van der Waals surface area contributed by atoms with Gasteiger partial charge in [0.1, 0.15) is 0 Å². The lowest BCUT2D eigenvalue weighted by Crippen LogP contribution is -1.90. The summed E-state index contributed by atoms with van der Waals surface area (Å²) in [6, 6.07) is 0. The van der Waals surface area contributed by atoms with Gasteiger partial charge in [-0.1, -0.05) is 0 Å². The SMILES string of the molecule is COc1nc(Br)ncc1Br. The molecule has 0 radical (unpaired) electrons. The highest BCUT2D eigenvalue weighted by molar-refractivity contribution is 9.11. The van der Waals surface area contributed by atoms with E-state index in [1.54, 1.807) is 13.3 Å². The third-order valence-electron chi connectivity index (χ3n) is 0.876. The van der Waals surface area contributed by atoms with Crippen molar-refractivity contribution < 1.29 is 4.74 Å². The molecule has 1 heterocycles. The zero-order valence-corrected chi connectivity index (χ0v) is 8.31. The van der Waals surface area contributed by atoms with E-state index in [1.807, 2.05) is 0 Å². The molecule has 10 heavy (non-hydrogen) atoms. The number of rotatable bonds is 1. The fraction of sp³-hybridized carbons (Fsp3) is 0.200. The molecule has 0 aliphatic carbocycles. The molecular formula is C5H4Br2N2O. The van der Waals surface area contributed by atoms with Gasteiger partial charge in [-0.05, 0) is 31.9 Å². The van der Waals surface area contributed by atoms with Gasteiger partial charge in [0.15, 0.2) is 4.73 Å². The highest BCUT2D eigenvalue weighted by atomic mass is 79.9. The third-order valence-corrected chi connectivity index (χ3v) is 1.80. The van der Waals surface area contributed by atoms with Gasteiger partial charge in [-0.15, -0.1) is 0 Å². The van der Waals surface area contributed by atoms with Crippen LogP contribution in [0.2, 0.25) is 0 Å². The molecule has 0 spiro atoms. The van der Waals surface area contributed by atoms with Gasteiger partial charge in [0.05, 0.1) is 11.6 Å². The number of nitrogens with zero attached hydrogens (tertiary/aromatic N) is 2. The maximum Gasteiger partial charge on any atom is 0.231 e. The average molecular weight is 268 g/mol. The van der Waals surface area contributed by atoms with Crippen LogP contribution >= 0.6 is 31.9 Å². The number of halogens is 2. The average Bonchev–Trinajstić information content (AvgIpc) is 1.94. The summed E-state index contributed by atoms with van der Waals surface area (Å²) in [4.78, 5) is 7.79. The van der Waals surface area contributed by atoms with Gasteiger partial charge in [-0.3, -0.25) is 0 Å². The summed E-state index contributed by atoms with van der Waals surface area (Å²) in [6.07, 6.45) is 1.62. The second kappa shape index (κ2) is 3.30. The van der Waals surface area contributed by atoms with Crippen LogP contribution in [-0.4, -0.2) is 17.1 Å². The van der Waals surface area contributed by atoms with Gasteiger partial charge in [0, 0.05) is 6.20 Å². The topological polar surface area (TPSA) is 35.0 Å². The minimum Gasteiger partial charge on any atom is -0.480 e. The van der Waals surface area contributed by atoms with Crippen molar-refractivity contribution in [1.82, 2.24) is 9.97 Å². The van der Waals surface area contributed by atoms with Crippen molar-refractivity contribution in [3.8, 4) is 5.88 Å². The molecule has 0 saturated carbocycles. The summed E-state index contributed by atoms with van der Waals surface area (Å²) >= 11 is 6.33. The quantitative estimate of drug-likeness (QED) is 0.731. The Morgan fingerprint density at radius 2 is 2.20 bits per heavy atom. The first-order valence-corrected chi connectivity index (χ1v) is 4.04. The van der Waals surface area contributed by atoms with Crippen LogP contribution in [0.1, 0.15) is 0 Å². The van der Waals surface area contributed by atoms with E-state index in [9.17, 15) is 0 Å². The van der Waals surface area contributed by atoms with E-state index in [0.717, 1.165) is 4.47 Å². The summed E-state index contributed by atoms with van der Waals surface area (Å²) in [5, 5.41) is 0. The zero-order chi connectivity index (χ0) is 7.56. The number of ether oxygens (including phenoxy) is 1. The maximum atomic E-state index is 4.90. The third kappa shape index (κ3) is 1.67. The highest BCUT2D eigenvalue weighted by Gasteiger charge is 2.00. The second-order valence-electron chi connectivity index (χ2n) is 1.50. The molecule has 0 saturated heterocycles. The van der Waals surface area contributed by atoms with Crippen LogP contribution in [0, 0.1) is 0 Å². The number of methoxy groups -OCH3 is 1. The molecule has 0 amide bonds. The Hall–Kier alpha value is -0.160. The first-order chi connectivity index (χ1) is 4.74. The predicted molar refractivity (Wildman–Crippen MR) is 44.0 cm³/mol. The van der Waals surface area contributed by atoms with Gasteiger partial charge >= 0.3 is 0 Å². The standard InChI is InChI=1S/C5H4Br2N2O/c1-10-4-3(6)2-8-5(7)9-4/h2H,1H3. The van der Waals surface area contributed by atoms with Crippen LogP contribution < -0.4 is 4.74 Å². The van der Waals surface area contributed by atoms with Gasteiger partial charge in [0.2, 0.25) is 5.88 Å². The zero-order valence-electron chi connectivity index (χ0n) is 5.14. The molecule has 0 aromatic carbocycles. The van der Waals surface area contributed by atoms with Gasteiger partial charge in [-0.2, -0.15) is 4.98 Å². The molecule has 0 atom stereocenters. The van der Waals surface area contributed by atoms with E-state index in [2.05, 4.69) is 41.8 Å². The van der Waals surface area contributed by atoms with Crippen molar-refractivity contribution in [3.05, 3.63) is 15.4 Å². The Kier molecular flexibility index (Phi) is 2.62. The molecule has 1 rings (SSSR count). The Morgan fingerprint density at radius 1 is 1.50 bits per heavy atom. The fourth-order valence-electron chi connectivity index (χ4n) is 0.474. The monoisotopic (exact) mass is 266 g/mol. The fourth-order valence-corrected chi connectivity index (χ4v) is 1.09. The number of hydrogen-bond donors (Lipinski definition) is 0. The van der Waals surface area contributed by atoms with Crippen molar-refractivity contribution >= 4 is 31.9 Å². The van der Waals surface area contributed by atoms with E-state index in [4.69, 9.17) is 4.74 Å². The van der Waals surface area contributed by atoms with Gasteiger partial charge < -0.3 is 4.74 Å². The molecule has 3 nitrogen and oxygen atoms in total. The lowest BCUT2D eigenvalue weighted by Gasteiger charge is -1.99. The van der Waals surface area contributed by atoms with E-state index < -0.39 is 0 Å². The molecular weight excluding hydrogens is 264 g/mol. The molecule has 1 aromatic rings. The van der Waals surface area contributed by atoms with E-state index >= 15 is 0 Å². The maximum absolute atomic E-state index is 4.90. The predicted octanol–water partition coefficient (Wildman–Crippen LogP) is 2.01. The normalized spacial score (nSPS) is 9.50. The minimum atomic E-state index is 0.521. The van der Waals surface area contributed by atoms with E-state index in [0.29, 0.717) is 10.6 Å².